The molecule has 0 unspecified atom stereocenters. The molecule has 0 fully saturated rings. The Morgan fingerprint density at radius 2 is 1.73 bits per heavy atom. The zero-order chi connectivity index (χ0) is 11.1. The summed E-state index contributed by atoms with van der Waals surface area (Å²) in [6.45, 7) is 9.00. The maximum absolute atomic E-state index is 3.50. The number of rotatable bonds is 5. The number of benzene rings is 1. The van der Waals surface area contributed by atoms with Gasteiger partial charge in [-0.3, -0.25) is 0 Å². The molecule has 1 N–H and O–H groups in total. The van der Waals surface area contributed by atoms with Crippen molar-refractivity contribution in [3.63, 3.8) is 0 Å². The Hall–Kier alpha value is -0.820. The predicted octanol–water partition coefficient (Wildman–Crippen LogP) is 3.25. The minimum atomic E-state index is 0.396. The molecule has 0 aromatic heterocycles. The normalized spacial score (nSPS) is 11.7. The molecular formula is C14H23N. The molecule has 15 heavy (non-hydrogen) atoms. The quantitative estimate of drug-likeness (QED) is 0.728. The van der Waals surface area contributed by atoms with Gasteiger partial charge in [-0.05, 0) is 36.9 Å². The summed E-state index contributed by atoms with van der Waals surface area (Å²) in [5, 5.41) is 3.50. The summed E-state index contributed by atoms with van der Waals surface area (Å²) >= 11 is 0. The molecule has 0 heterocycles. The summed E-state index contributed by atoms with van der Waals surface area (Å²) in [5.41, 5.74) is 1.84. The molecule has 0 aliphatic rings. The highest BCUT2D eigenvalue weighted by molar-refractivity contribution is 5.14. The lowest BCUT2D eigenvalue weighted by Gasteiger charge is -2.18. The van der Waals surface area contributed by atoms with Crippen molar-refractivity contribution in [2.75, 3.05) is 13.1 Å². The first-order valence-corrected chi connectivity index (χ1v) is 5.82. The standard InChI is InChI=1S/C14H23N/c1-14(2,3)12-15-11-7-10-13-8-5-4-6-9-13/h4-6,8-9,15H,7,10-12H2,1-3H3. The van der Waals surface area contributed by atoms with Crippen LogP contribution in [0.4, 0.5) is 0 Å². The third-order valence-electron chi connectivity index (χ3n) is 2.32. The zero-order valence-electron chi connectivity index (χ0n) is 10.2. The van der Waals surface area contributed by atoms with Crippen molar-refractivity contribution >= 4 is 0 Å². The van der Waals surface area contributed by atoms with Gasteiger partial charge in [-0.1, -0.05) is 51.1 Å². The van der Waals surface area contributed by atoms with Gasteiger partial charge in [-0.2, -0.15) is 0 Å². The summed E-state index contributed by atoms with van der Waals surface area (Å²) < 4.78 is 0. The van der Waals surface area contributed by atoms with E-state index in [1.807, 2.05) is 0 Å². The molecule has 0 radical (unpaired) electrons. The van der Waals surface area contributed by atoms with E-state index in [1.54, 1.807) is 0 Å². The summed E-state index contributed by atoms with van der Waals surface area (Å²) in [6, 6.07) is 10.7. The van der Waals surface area contributed by atoms with Gasteiger partial charge in [-0.15, -0.1) is 0 Å². The van der Waals surface area contributed by atoms with Crippen LogP contribution in [0.5, 0.6) is 0 Å². The van der Waals surface area contributed by atoms with Crippen molar-refractivity contribution < 1.29 is 0 Å². The first-order chi connectivity index (χ1) is 7.08. The summed E-state index contributed by atoms with van der Waals surface area (Å²) in [6.07, 6.45) is 2.40. The van der Waals surface area contributed by atoms with Gasteiger partial charge in [0, 0.05) is 0 Å². The van der Waals surface area contributed by atoms with Crippen LogP contribution >= 0.6 is 0 Å². The second-order valence-electron chi connectivity index (χ2n) is 5.33. The van der Waals surface area contributed by atoms with E-state index in [1.165, 1.54) is 18.4 Å². The first kappa shape index (κ1) is 12.3. The summed E-state index contributed by atoms with van der Waals surface area (Å²) in [5.74, 6) is 0. The predicted molar refractivity (Wildman–Crippen MR) is 67.1 cm³/mol. The van der Waals surface area contributed by atoms with Crippen LogP contribution in [0.2, 0.25) is 0 Å². The highest BCUT2D eigenvalue weighted by Gasteiger charge is 2.07. The largest absolute Gasteiger partial charge is 0.316 e. The fourth-order valence-corrected chi connectivity index (χ4v) is 1.53. The molecule has 1 aromatic carbocycles. The van der Waals surface area contributed by atoms with E-state index in [-0.39, 0.29) is 0 Å². The Morgan fingerprint density at radius 1 is 1.07 bits per heavy atom. The van der Waals surface area contributed by atoms with Crippen molar-refractivity contribution in [2.45, 2.75) is 33.6 Å². The number of aryl methyl sites for hydroxylation is 1. The third-order valence-corrected chi connectivity index (χ3v) is 2.32. The fourth-order valence-electron chi connectivity index (χ4n) is 1.53. The van der Waals surface area contributed by atoms with Gasteiger partial charge in [-0.25, -0.2) is 0 Å². The van der Waals surface area contributed by atoms with Crippen molar-refractivity contribution in [1.29, 1.82) is 0 Å². The Labute approximate surface area is 93.9 Å². The van der Waals surface area contributed by atoms with Crippen LogP contribution in [0.1, 0.15) is 32.8 Å². The monoisotopic (exact) mass is 205 g/mol. The molecule has 1 heteroatoms. The SMILES string of the molecule is CC(C)(C)CNCCCc1ccccc1. The number of nitrogens with one attached hydrogen (secondary N) is 1. The highest BCUT2D eigenvalue weighted by atomic mass is 14.9. The molecule has 0 amide bonds. The van der Waals surface area contributed by atoms with Crippen molar-refractivity contribution in [1.82, 2.24) is 5.32 Å². The summed E-state index contributed by atoms with van der Waals surface area (Å²) in [4.78, 5) is 0. The minimum Gasteiger partial charge on any atom is -0.316 e. The molecule has 0 saturated heterocycles. The van der Waals surface area contributed by atoms with Gasteiger partial charge in [0.1, 0.15) is 0 Å². The fraction of sp³-hybridized carbons (Fsp3) is 0.571. The van der Waals surface area contributed by atoms with Crippen LogP contribution < -0.4 is 5.32 Å². The van der Waals surface area contributed by atoms with Gasteiger partial charge < -0.3 is 5.32 Å². The van der Waals surface area contributed by atoms with Gasteiger partial charge in [0.2, 0.25) is 0 Å². The molecule has 1 rings (SSSR count). The van der Waals surface area contributed by atoms with E-state index in [0.717, 1.165) is 13.1 Å². The van der Waals surface area contributed by atoms with E-state index < -0.39 is 0 Å². The lowest BCUT2D eigenvalue weighted by atomic mass is 9.97. The van der Waals surface area contributed by atoms with Crippen molar-refractivity contribution in [2.24, 2.45) is 5.41 Å². The smallest absolute Gasteiger partial charge is 0.0000123 e. The maximum Gasteiger partial charge on any atom is -0.0000123 e. The Bertz CT molecular complexity index is 258. The van der Waals surface area contributed by atoms with Crippen LogP contribution in [0.3, 0.4) is 0 Å². The minimum absolute atomic E-state index is 0.396. The average Bonchev–Trinajstić information content (AvgIpc) is 2.17. The van der Waals surface area contributed by atoms with Crippen molar-refractivity contribution in [3.05, 3.63) is 35.9 Å². The van der Waals surface area contributed by atoms with Gasteiger partial charge >= 0.3 is 0 Å². The summed E-state index contributed by atoms with van der Waals surface area (Å²) in [7, 11) is 0. The zero-order valence-corrected chi connectivity index (χ0v) is 10.2. The molecule has 0 aliphatic carbocycles. The maximum atomic E-state index is 3.50. The van der Waals surface area contributed by atoms with E-state index in [2.05, 4.69) is 56.4 Å². The van der Waals surface area contributed by atoms with Crippen LogP contribution in [0, 0.1) is 5.41 Å². The average molecular weight is 205 g/mol. The van der Waals surface area contributed by atoms with Gasteiger partial charge in [0.25, 0.3) is 0 Å². The molecule has 0 aliphatic heterocycles. The second-order valence-corrected chi connectivity index (χ2v) is 5.33. The Balaban J connectivity index is 2.08. The topological polar surface area (TPSA) is 12.0 Å². The second kappa shape index (κ2) is 5.92. The number of hydrogen-bond acceptors (Lipinski definition) is 1. The first-order valence-electron chi connectivity index (χ1n) is 5.82. The van der Waals surface area contributed by atoms with E-state index >= 15 is 0 Å². The molecule has 1 nitrogen and oxygen atoms in total. The van der Waals surface area contributed by atoms with Crippen LogP contribution in [-0.2, 0) is 6.42 Å². The molecule has 1 aromatic rings. The molecule has 0 bridgehead atoms. The van der Waals surface area contributed by atoms with Crippen LogP contribution in [0.15, 0.2) is 30.3 Å². The van der Waals surface area contributed by atoms with E-state index in [0.29, 0.717) is 5.41 Å². The lowest BCUT2D eigenvalue weighted by molar-refractivity contribution is 0.379. The van der Waals surface area contributed by atoms with Gasteiger partial charge in [0.05, 0.1) is 0 Å². The third kappa shape index (κ3) is 6.29. The Morgan fingerprint density at radius 3 is 2.33 bits per heavy atom. The lowest BCUT2D eigenvalue weighted by Crippen LogP contribution is -2.27. The Kier molecular flexibility index (Phi) is 4.83. The molecule has 0 spiro atoms. The van der Waals surface area contributed by atoms with Crippen LogP contribution in [-0.4, -0.2) is 13.1 Å². The van der Waals surface area contributed by atoms with E-state index in [9.17, 15) is 0 Å². The molecule has 0 saturated carbocycles. The van der Waals surface area contributed by atoms with Crippen LogP contribution in [0.25, 0.3) is 0 Å². The molecular weight excluding hydrogens is 182 g/mol. The van der Waals surface area contributed by atoms with Gasteiger partial charge in [0.15, 0.2) is 0 Å². The van der Waals surface area contributed by atoms with E-state index in [4.69, 9.17) is 0 Å². The highest BCUT2D eigenvalue weighted by Crippen LogP contribution is 2.10. The molecule has 0 atom stereocenters. The molecule has 84 valence electrons. The number of hydrogen-bond donors (Lipinski definition) is 1. The van der Waals surface area contributed by atoms with Crippen molar-refractivity contribution in [3.8, 4) is 0 Å².